The molecule has 1 aromatic heterocycles. The number of hydrogen-bond acceptors (Lipinski definition) is 3. The first kappa shape index (κ1) is 13.8. The third kappa shape index (κ3) is 2.27. The third-order valence-corrected chi connectivity index (χ3v) is 2.41. The SMILES string of the molecule is N#Cc1cc(N)n(-c2c(F)cc(C(F)(F)F)cc2F)n1. The molecule has 0 saturated carbocycles. The van der Waals surface area contributed by atoms with Gasteiger partial charge in [-0.1, -0.05) is 0 Å². The molecule has 1 heterocycles. The van der Waals surface area contributed by atoms with Gasteiger partial charge in [0.1, 0.15) is 17.6 Å². The lowest BCUT2D eigenvalue weighted by atomic mass is 10.2. The highest BCUT2D eigenvalue weighted by Gasteiger charge is 2.33. The van der Waals surface area contributed by atoms with Gasteiger partial charge in [-0.05, 0) is 12.1 Å². The summed E-state index contributed by atoms with van der Waals surface area (Å²) < 4.78 is 65.1. The van der Waals surface area contributed by atoms with Gasteiger partial charge in [0.25, 0.3) is 0 Å². The van der Waals surface area contributed by atoms with Crippen LogP contribution in [0.15, 0.2) is 18.2 Å². The second-order valence-corrected chi connectivity index (χ2v) is 3.76. The number of rotatable bonds is 1. The van der Waals surface area contributed by atoms with E-state index in [4.69, 9.17) is 11.0 Å². The van der Waals surface area contributed by atoms with Crippen LogP contribution >= 0.6 is 0 Å². The first-order valence-electron chi connectivity index (χ1n) is 5.06. The summed E-state index contributed by atoms with van der Waals surface area (Å²) in [4.78, 5) is 0. The molecular formula is C11H5F5N4. The number of aromatic nitrogens is 2. The van der Waals surface area contributed by atoms with Gasteiger partial charge in [-0.25, -0.2) is 13.5 Å². The molecule has 1 aromatic carbocycles. The maximum Gasteiger partial charge on any atom is 0.416 e. The Kier molecular flexibility index (Phi) is 3.09. The number of alkyl halides is 3. The molecule has 0 aliphatic carbocycles. The van der Waals surface area contributed by atoms with E-state index in [0.717, 1.165) is 6.07 Å². The van der Waals surface area contributed by atoms with Crippen LogP contribution < -0.4 is 5.73 Å². The Hall–Kier alpha value is -2.63. The minimum atomic E-state index is -4.88. The highest BCUT2D eigenvalue weighted by Crippen LogP contribution is 2.32. The fourth-order valence-corrected chi connectivity index (χ4v) is 1.56. The van der Waals surface area contributed by atoms with Crippen molar-refractivity contribution < 1.29 is 22.0 Å². The number of benzene rings is 1. The van der Waals surface area contributed by atoms with Crippen molar-refractivity contribution in [2.75, 3.05) is 5.73 Å². The zero-order valence-corrected chi connectivity index (χ0v) is 9.54. The molecule has 0 atom stereocenters. The van der Waals surface area contributed by atoms with E-state index in [1.54, 1.807) is 6.07 Å². The van der Waals surface area contributed by atoms with Crippen molar-refractivity contribution in [3.63, 3.8) is 0 Å². The van der Waals surface area contributed by atoms with Crippen LogP contribution in [0.3, 0.4) is 0 Å². The number of anilines is 1. The molecule has 2 N–H and O–H groups in total. The van der Waals surface area contributed by atoms with E-state index >= 15 is 0 Å². The lowest BCUT2D eigenvalue weighted by molar-refractivity contribution is -0.138. The van der Waals surface area contributed by atoms with Crippen LogP contribution in [0, 0.1) is 23.0 Å². The molecule has 0 amide bonds. The van der Waals surface area contributed by atoms with E-state index in [1.807, 2.05) is 0 Å². The van der Waals surface area contributed by atoms with E-state index in [9.17, 15) is 22.0 Å². The van der Waals surface area contributed by atoms with Crippen molar-refractivity contribution in [3.05, 3.63) is 41.1 Å². The van der Waals surface area contributed by atoms with E-state index < -0.39 is 29.1 Å². The topological polar surface area (TPSA) is 67.6 Å². The van der Waals surface area contributed by atoms with E-state index in [1.165, 1.54) is 0 Å². The predicted octanol–water partition coefficient (Wildman–Crippen LogP) is 2.62. The zero-order chi connectivity index (χ0) is 15.1. The highest BCUT2D eigenvalue weighted by molar-refractivity contribution is 5.47. The van der Waals surface area contributed by atoms with Crippen LogP contribution in [0.2, 0.25) is 0 Å². The first-order valence-corrected chi connectivity index (χ1v) is 5.06. The Bertz CT molecular complexity index is 688. The Balaban J connectivity index is 2.64. The van der Waals surface area contributed by atoms with Crippen LogP contribution in [0.4, 0.5) is 27.8 Å². The van der Waals surface area contributed by atoms with Crippen molar-refractivity contribution in [3.8, 4) is 11.8 Å². The Morgan fingerprint density at radius 1 is 1.15 bits per heavy atom. The number of nitrogens with two attached hydrogens (primary N) is 1. The summed E-state index contributed by atoms with van der Waals surface area (Å²) in [6.45, 7) is 0. The van der Waals surface area contributed by atoms with Gasteiger partial charge in [0.2, 0.25) is 0 Å². The van der Waals surface area contributed by atoms with E-state index in [-0.39, 0.29) is 23.6 Å². The maximum atomic E-state index is 13.7. The lowest BCUT2D eigenvalue weighted by Crippen LogP contribution is -2.11. The third-order valence-electron chi connectivity index (χ3n) is 2.41. The molecule has 2 rings (SSSR count). The Labute approximate surface area is 108 Å². The molecule has 0 radical (unpaired) electrons. The van der Waals surface area contributed by atoms with Crippen LogP contribution in [-0.2, 0) is 6.18 Å². The number of halogens is 5. The van der Waals surface area contributed by atoms with Gasteiger partial charge >= 0.3 is 6.18 Å². The summed E-state index contributed by atoms with van der Waals surface area (Å²) in [7, 11) is 0. The molecule has 9 heteroatoms. The minimum Gasteiger partial charge on any atom is -0.384 e. The van der Waals surface area contributed by atoms with Gasteiger partial charge in [-0.15, -0.1) is 0 Å². The van der Waals surface area contributed by atoms with Crippen LogP contribution in [0.25, 0.3) is 5.69 Å². The quantitative estimate of drug-likeness (QED) is 0.820. The van der Waals surface area contributed by atoms with Crippen molar-refractivity contribution in [2.45, 2.75) is 6.18 Å². The molecule has 0 bridgehead atoms. The summed E-state index contributed by atoms with van der Waals surface area (Å²) in [5.74, 6) is -3.26. The largest absolute Gasteiger partial charge is 0.416 e. The Morgan fingerprint density at radius 2 is 1.70 bits per heavy atom. The molecule has 104 valence electrons. The second-order valence-electron chi connectivity index (χ2n) is 3.76. The predicted molar refractivity (Wildman–Crippen MR) is 57.6 cm³/mol. The fourth-order valence-electron chi connectivity index (χ4n) is 1.56. The van der Waals surface area contributed by atoms with Crippen molar-refractivity contribution in [1.29, 1.82) is 5.26 Å². The second kappa shape index (κ2) is 4.48. The molecular weight excluding hydrogens is 283 g/mol. The van der Waals surface area contributed by atoms with Gasteiger partial charge < -0.3 is 5.73 Å². The minimum absolute atomic E-state index is 0.131. The fraction of sp³-hybridized carbons (Fsp3) is 0.0909. The average molecular weight is 288 g/mol. The van der Waals surface area contributed by atoms with Crippen molar-refractivity contribution >= 4 is 5.82 Å². The molecule has 0 aliphatic heterocycles. The molecule has 0 aliphatic rings. The smallest absolute Gasteiger partial charge is 0.384 e. The van der Waals surface area contributed by atoms with Crippen LogP contribution in [0.5, 0.6) is 0 Å². The maximum absolute atomic E-state index is 13.7. The Morgan fingerprint density at radius 3 is 2.10 bits per heavy atom. The van der Waals surface area contributed by atoms with Crippen LogP contribution in [0.1, 0.15) is 11.3 Å². The van der Waals surface area contributed by atoms with E-state index in [0.29, 0.717) is 4.68 Å². The summed E-state index contributed by atoms with van der Waals surface area (Å²) in [6.07, 6.45) is -4.88. The zero-order valence-electron chi connectivity index (χ0n) is 9.54. The lowest BCUT2D eigenvalue weighted by Gasteiger charge is -2.11. The molecule has 0 spiro atoms. The normalized spacial score (nSPS) is 11.4. The van der Waals surface area contributed by atoms with Crippen molar-refractivity contribution in [1.82, 2.24) is 9.78 Å². The summed E-state index contributed by atoms with van der Waals surface area (Å²) in [5, 5.41) is 12.1. The molecule has 0 fully saturated rings. The van der Waals surface area contributed by atoms with E-state index in [2.05, 4.69) is 5.10 Å². The monoisotopic (exact) mass is 288 g/mol. The molecule has 0 saturated heterocycles. The van der Waals surface area contributed by atoms with Gasteiger partial charge in [-0.3, -0.25) is 0 Å². The molecule has 2 aromatic rings. The standard InChI is InChI=1S/C11H5F5N4/c12-7-1-5(11(14,15)16)2-8(13)10(7)20-9(18)3-6(4-17)19-20/h1-3H,18H2. The van der Waals surface area contributed by atoms with Crippen molar-refractivity contribution in [2.24, 2.45) is 0 Å². The summed E-state index contributed by atoms with van der Waals surface area (Å²) in [6, 6.07) is 2.89. The highest BCUT2D eigenvalue weighted by atomic mass is 19.4. The number of nitriles is 1. The molecule has 4 nitrogen and oxygen atoms in total. The molecule has 20 heavy (non-hydrogen) atoms. The van der Waals surface area contributed by atoms with Crippen LogP contribution in [-0.4, -0.2) is 9.78 Å². The molecule has 0 unspecified atom stereocenters. The number of nitrogens with zero attached hydrogens (tertiary/aromatic N) is 3. The average Bonchev–Trinajstić information content (AvgIpc) is 2.69. The first-order chi connectivity index (χ1) is 9.24. The summed E-state index contributed by atoms with van der Waals surface area (Å²) in [5.41, 5.74) is 2.84. The summed E-state index contributed by atoms with van der Waals surface area (Å²) >= 11 is 0. The van der Waals surface area contributed by atoms with Gasteiger partial charge in [-0.2, -0.15) is 23.5 Å². The van der Waals surface area contributed by atoms with Gasteiger partial charge in [0, 0.05) is 6.07 Å². The van der Waals surface area contributed by atoms with Gasteiger partial charge in [0.05, 0.1) is 5.56 Å². The number of nitrogen functional groups attached to an aromatic ring is 1. The number of hydrogen-bond donors (Lipinski definition) is 1. The van der Waals surface area contributed by atoms with Gasteiger partial charge in [0.15, 0.2) is 17.3 Å².